The maximum absolute atomic E-state index is 2.45. The minimum atomic E-state index is 0.903. The second-order valence-electron chi connectivity index (χ2n) is 3.61. The maximum atomic E-state index is 2.45. The van der Waals surface area contributed by atoms with Crippen molar-refractivity contribution in [3.63, 3.8) is 0 Å². The first-order chi connectivity index (χ1) is 5.43. The first-order valence-corrected chi connectivity index (χ1v) is 5.10. The second kappa shape index (κ2) is 5.40. The third kappa shape index (κ3) is 3.60. The maximum Gasteiger partial charge on any atom is -0.0234 e. The lowest BCUT2D eigenvalue weighted by molar-refractivity contribution is 0.487. The fourth-order valence-electron chi connectivity index (χ4n) is 1.84. The van der Waals surface area contributed by atoms with E-state index in [1.165, 1.54) is 44.9 Å². The summed E-state index contributed by atoms with van der Waals surface area (Å²) in [6.45, 7) is 2.28. The Labute approximate surface area is 70.7 Å². The fourth-order valence-corrected chi connectivity index (χ4v) is 1.84. The zero-order valence-corrected chi connectivity index (χ0v) is 7.68. The Hall–Kier alpha value is -0.260. The summed E-state index contributed by atoms with van der Waals surface area (Å²) in [5.41, 5.74) is 0. The van der Waals surface area contributed by atoms with E-state index in [4.69, 9.17) is 0 Å². The fraction of sp³-hybridized carbons (Fsp3) is 0.818. The van der Waals surface area contributed by atoms with Crippen molar-refractivity contribution >= 4 is 0 Å². The lowest BCUT2D eigenvalue weighted by Crippen LogP contribution is -1.97. The molecule has 1 unspecified atom stereocenters. The zero-order chi connectivity index (χ0) is 7.94. The molecule has 0 aromatic rings. The molecule has 0 saturated carbocycles. The van der Waals surface area contributed by atoms with Crippen LogP contribution in [0.4, 0.5) is 0 Å². The van der Waals surface area contributed by atoms with Gasteiger partial charge in [0.2, 0.25) is 0 Å². The smallest absolute Gasteiger partial charge is 0.0234 e. The predicted octanol–water partition coefficient (Wildman–Crippen LogP) is 3.92. The summed E-state index contributed by atoms with van der Waals surface area (Å²) in [5, 5.41) is 0. The molecule has 1 aliphatic rings. The molecule has 0 aliphatic heterocycles. The Morgan fingerprint density at radius 1 is 1.27 bits per heavy atom. The lowest BCUT2D eigenvalue weighted by Gasteiger charge is -2.13. The molecule has 0 heteroatoms. The van der Waals surface area contributed by atoms with Crippen molar-refractivity contribution in [1.82, 2.24) is 0 Å². The molecular formula is C11H20. The van der Waals surface area contributed by atoms with E-state index in [1.54, 1.807) is 0 Å². The van der Waals surface area contributed by atoms with Crippen LogP contribution in [0.3, 0.4) is 0 Å². The number of hydrogen-bond donors (Lipinski definition) is 0. The van der Waals surface area contributed by atoms with Crippen LogP contribution in [0.25, 0.3) is 0 Å². The predicted molar refractivity (Wildman–Crippen MR) is 50.6 cm³/mol. The first kappa shape index (κ1) is 8.83. The van der Waals surface area contributed by atoms with Gasteiger partial charge in [-0.05, 0) is 31.6 Å². The molecule has 1 atom stereocenters. The van der Waals surface area contributed by atoms with Gasteiger partial charge in [-0.25, -0.2) is 0 Å². The van der Waals surface area contributed by atoms with Crippen molar-refractivity contribution in [2.24, 2.45) is 5.92 Å². The summed E-state index contributed by atoms with van der Waals surface area (Å²) in [6.07, 6.45) is 14.6. The van der Waals surface area contributed by atoms with Gasteiger partial charge in [0.15, 0.2) is 0 Å². The van der Waals surface area contributed by atoms with Crippen molar-refractivity contribution < 1.29 is 0 Å². The molecule has 0 fully saturated rings. The molecule has 0 aromatic carbocycles. The van der Waals surface area contributed by atoms with E-state index in [2.05, 4.69) is 19.1 Å². The monoisotopic (exact) mass is 152 g/mol. The van der Waals surface area contributed by atoms with Gasteiger partial charge in [-0.2, -0.15) is 0 Å². The van der Waals surface area contributed by atoms with Crippen LogP contribution in [0.5, 0.6) is 0 Å². The van der Waals surface area contributed by atoms with Crippen molar-refractivity contribution in [1.29, 1.82) is 0 Å². The van der Waals surface area contributed by atoms with Gasteiger partial charge in [0.1, 0.15) is 0 Å². The van der Waals surface area contributed by atoms with Crippen LogP contribution in [0.15, 0.2) is 12.2 Å². The minimum absolute atomic E-state index is 0.903. The Morgan fingerprint density at radius 2 is 2.18 bits per heavy atom. The molecule has 0 N–H and O–H groups in total. The normalized spacial score (nSPS) is 29.0. The van der Waals surface area contributed by atoms with Crippen molar-refractivity contribution in [3.8, 4) is 0 Å². The highest BCUT2D eigenvalue weighted by atomic mass is 14.1. The summed E-state index contributed by atoms with van der Waals surface area (Å²) in [4.78, 5) is 0. The molecule has 1 rings (SSSR count). The largest absolute Gasteiger partial charge is 0.0883 e. The standard InChI is InChI=1S/C11H20/c1-2-8-11-9-6-4-3-5-7-10-11/h6,9,11H,2-5,7-8,10H2,1H3/b9-6-. The third-order valence-corrected chi connectivity index (χ3v) is 2.51. The van der Waals surface area contributed by atoms with Crippen molar-refractivity contribution in [2.75, 3.05) is 0 Å². The molecular weight excluding hydrogens is 132 g/mol. The van der Waals surface area contributed by atoms with E-state index in [1.807, 2.05) is 0 Å². The quantitative estimate of drug-likeness (QED) is 0.526. The van der Waals surface area contributed by atoms with Gasteiger partial charge in [-0.3, -0.25) is 0 Å². The highest BCUT2D eigenvalue weighted by Crippen LogP contribution is 2.20. The third-order valence-electron chi connectivity index (χ3n) is 2.51. The molecule has 0 aromatic heterocycles. The van der Waals surface area contributed by atoms with Gasteiger partial charge >= 0.3 is 0 Å². The van der Waals surface area contributed by atoms with Crippen molar-refractivity contribution in [2.45, 2.75) is 51.9 Å². The van der Waals surface area contributed by atoms with Crippen LogP contribution < -0.4 is 0 Å². The summed E-state index contributed by atoms with van der Waals surface area (Å²) in [6, 6.07) is 0. The molecule has 0 heterocycles. The average Bonchev–Trinajstić information content (AvgIpc) is 1.94. The van der Waals surface area contributed by atoms with E-state index >= 15 is 0 Å². The van der Waals surface area contributed by atoms with Crippen molar-refractivity contribution in [3.05, 3.63) is 12.2 Å². The van der Waals surface area contributed by atoms with Gasteiger partial charge < -0.3 is 0 Å². The summed E-state index contributed by atoms with van der Waals surface area (Å²) in [7, 11) is 0. The Balaban J connectivity index is 2.29. The highest BCUT2D eigenvalue weighted by molar-refractivity contribution is 4.89. The molecule has 0 radical (unpaired) electrons. The Bertz CT molecular complexity index is 113. The molecule has 1 aliphatic carbocycles. The first-order valence-electron chi connectivity index (χ1n) is 5.10. The minimum Gasteiger partial charge on any atom is -0.0883 e. The van der Waals surface area contributed by atoms with Gasteiger partial charge in [0, 0.05) is 0 Å². The Morgan fingerprint density at radius 3 is 3.00 bits per heavy atom. The van der Waals surface area contributed by atoms with Crippen LogP contribution in [-0.4, -0.2) is 0 Å². The number of hydrogen-bond acceptors (Lipinski definition) is 0. The number of rotatable bonds is 2. The van der Waals surface area contributed by atoms with Gasteiger partial charge in [-0.15, -0.1) is 0 Å². The summed E-state index contributed by atoms with van der Waals surface area (Å²) >= 11 is 0. The second-order valence-corrected chi connectivity index (χ2v) is 3.61. The van der Waals surface area contributed by atoms with Gasteiger partial charge in [0.05, 0.1) is 0 Å². The summed E-state index contributed by atoms with van der Waals surface area (Å²) < 4.78 is 0. The highest BCUT2D eigenvalue weighted by Gasteiger charge is 2.04. The number of allylic oxidation sites excluding steroid dienone is 2. The molecule has 0 nitrogen and oxygen atoms in total. The van der Waals surface area contributed by atoms with Gasteiger partial charge in [-0.1, -0.05) is 38.3 Å². The molecule has 0 amide bonds. The Kier molecular flexibility index (Phi) is 4.33. The molecule has 0 saturated heterocycles. The van der Waals surface area contributed by atoms with Gasteiger partial charge in [0.25, 0.3) is 0 Å². The van der Waals surface area contributed by atoms with E-state index in [0.29, 0.717) is 0 Å². The van der Waals surface area contributed by atoms with E-state index in [-0.39, 0.29) is 0 Å². The van der Waals surface area contributed by atoms with E-state index in [9.17, 15) is 0 Å². The SMILES string of the molecule is CCCC1/C=C\CCCCC1. The van der Waals surface area contributed by atoms with E-state index < -0.39 is 0 Å². The average molecular weight is 152 g/mol. The summed E-state index contributed by atoms with van der Waals surface area (Å²) in [5.74, 6) is 0.903. The zero-order valence-electron chi connectivity index (χ0n) is 7.68. The topological polar surface area (TPSA) is 0 Å². The van der Waals surface area contributed by atoms with E-state index in [0.717, 1.165) is 5.92 Å². The van der Waals surface area contributed by atoms with Crippen LogP contribution in [-0.2, 0) is 0 Å². The lowest BCUT2D eigenvalue weighted by atomic mass is 9.93. The van der Waals surface area contributed by atoms with Crippen LogP contribution in [0.1, 0.15) is 51.9 Å². The van der Waals surface area contributed by atoms with Crippen LogP contribution in [0.2, 0.25) is 0 Å². The van der Waals surface area contributed by atoms with Crippen LogP contribution >= 0.6 is 0 Å². The molecule has 0 bridgehead atoms. The molecule has 64 valence electrons. The molecule has 11 heavy (non-hydrogen) atoms. The molecule has 0 spiro atoms. The van der Waals surface area contributed by atoms with Crippen LogP contribution in [0, 0.1) is 5.92 Å².